The molecule has 2 fully saturated rings. The van der Waals surface area contributed by atoms with Crippen LogP contribution >= 0.6 is 0 Å². The summed E-state index contributed by atoms with van der Waals surface area (Å²) >= 11 is 0. The lowest BCUT2D eigenvalue weighted by atomic mass is 9.58. The smallest absolute Gasteiger partial charge is 0.270 e. The number of amides is 1. The number of benzene rings is 1. The fraction of sp³-hybridized carbons (Fsp3) is 0.571. The zero-order chi connectivity index (χ0) is 19.2. The van der Waals surface area contributed by atoms with Gasteiger partial charge in [-0.25, -0.2) is 0 Å². The Hall–Kier alpha value is -1.89. The average molecular weight is 371 g/mol. The van der Waals surface area contributed by atoms with E-state index in [9.17, 15) is 9.90 Å². The van der Waals surface area contributed by atoms with Crippen molar-refractivity contribution >= 4 is 16.8 Å². The Morgan fingerprint density at radius 1 is 1.37 bits per heavy atom. The van der Waals surface area contributed by atoms with Crippen molar-refractivity contribution < 1.29 is 14.6 Å². The molecule has 1 aromatic carbocycles. The van der Waals surface area contributed by atoms with E-state index in [4.69, 9.17) is 10.5 Å². The third kappa shape index (κ3) is 2.87. The van der Waals surface area contributed by atoms with Crippen LogP contribution in [0.5, 0.6) is 0 Å². The van der Waals surface area contributed by atoms with Crippen LogP contribution in [0.1, 0.15) is 35.3 Å². The minimum absolute atomic E-state index is 0.0635. The van der Waals surface area contributed by atoms with E-state index in [1.54, 1.807) is 0 Å². The Morgan fingerprint density at radius 3 is 2.74 bits per heavy atom. The van der Waals surface area contributed by atoms with Crippen LogP contribution in [-0.2, 0) is 11.8 Å². The van der Waals surface area contributed by atoms with Crippen LogP contribution in [-0.4, -0.2) is 58.9 Å². The molecular weight excluding hydrogens is 342 g/mol. The van der Waals surface area contributed by atoms with Crippen LogP contribution in [0.4, 0.5) is 0 Å². The quantitative estimate of drug-likeness (QED) is 0.859. The zero-order valence-electron chi connectivity index (χ0n) is 16.1. The third-order valence-corrected chi connectivity index (χ3v) is 6.64. The maximum atomic E-state index is 13.1. The van der Waals surface area contributed by atoms with E-state index in [0.717, 1.165) is 29.4 Å². The minimum atomic E-state index is -0.335. The second-order valence-electron chi connectivity index (χ2n) is 8.03. The van der Waals surface area contributed by atoms with Crippen LogP contribution in [0, 0.1) is 12.3 Å². The number of hydrogen-bond acceptors (Lipinski definition) is 4. The molecule has 146 valence electrons. The Balaban J connectivity index is 1.49. The summed E-state index contributed by atoms with van der Waals surface area (Å²) in [4.78, 5) is 15.1. The van der Waals surface area contributed by atoms with Gasteiger partial charge in [0.15, 0.2) is 0 Å². The first-order chi connectivity index (χ1) is 13.0. The summed E-state index contributed by atoms with van der Waals surface area (Å²) in [6.07, 6.45) is 1.96. The largest absolute Gasteiger partial charge is 0.392 e. The van der Waals surface area contributed by atoms with E-state index >= 15 is 0 Å². The average Bonchev–Trinajstić information content (AvgIpc) is 3.02. The summed E-state index contributed by atoms with van der Waals surface area (Å²) in [7, 11) is 1.96. The van der Waals surface area contributed by atoms with Gasteiger partial charge in [-0.1, -0.05) is 18.2 Å². The first kappa shape index (κ1) is 18.5. The number of nitrogens with two attached hydrogens (primary N) is 1. The van der Waals surface area contributed by atoms with E-state index in [2.05, 4.69) is 19.1 Å². The summed E-state index contributed by atoms with van der Waals surface area (Å²) in [5, 5.41) is 11.5. The number of aryl methyl sites for hydroxylation is 2. The van der Waals surface area contributed by atoms with Crippen molar-refractivity contribution in [2.75, 3.05) is 26.2 Å². The number of aromatic nitrogens is 1. The van der Waals surface area contributed by atoms with E-state index in [1.807, 2.05) is 28.6 Å². The molecule has 3 N–H and O–H groups in total. The van der Waals surface area contributed by atoms with Crippen LogP contribution in [0.2, 0.25) is 0 Å². The van der Waals surface area contributed by atoms with Crippen molar-refractivity contribution in [2.45, 2.75) is 38.4 Å². The van der Waals surface area contributed by atoms with Gasteiger partial charge in [0, 0.05) is 43.9 Å². The van der Waals surface area contributed by atoms with Gasteiger partial charge in [-0.2, -0.15) is 0 Å². The molecule has 1 amide bonds. The number of nitrogens with zero attached hydrogens (tertiary/aromatic N) is 2. The standard InChI is InChI=1S/C21H29N3O3/c1-14-4-3-5-15-12-16(23(2)19(14)15)20(26)24-9-6-21(7-10-24)17(25)13-18(21)27-11-8-22/h3-5,12,17-18,25H,6-11,13,22H2,1-2H3/t17-,18+/m1/s1. The van der Waals surface area contributed by atoms with Crippen LogP contribution in [0.3, 0.4) is 0 Å². The molecule has 0 bridgehead atoms. The Kier molecular flexibility index (Phi) is 4.74. The van der Waals surface area contributed by atoms with Crippen molar-refractivity contribution in [3.05, 3.63) is 35.5 Å². The molecule has 1 saturated carbocycles. The van der Waals surface area contributed by atoms with Gasteiger partial charge in [0.1, 0.15) is 5.69 Å². The molecule has 6 heteroatoms. The van der Waals surface area contributed by atoms with Gasteiger partial charge in [0.25, 0.3) is 5.91 Å². The molecule has 0 radical (unpaired) electrons. The number of ether oxygens (including phenoxy) is 1. The number of aliphatic hydroxyl groups excluding tert-OH is 1. The van der Waals surface area contributed by atoms with Gasteiger partial charge in [-0.15, -0.1) is 0 Å². The van der Waals surface area contributed by atoms with Crippen LogP contribution in [0.15, 0.2) is 24.3 Å². The topological polar surface area (TPSA) is 80.7 Å². The van der Waals surface area contributed by atoms with E-state index in [1.165, 1.54) is 5.56 Å². The van der Waals surface area contributed by atoms with E-state index < -0.39 is 0 Å². The van der Waals surface area contributed by atoms with Crippen molar-refractivity contribution in [3.63, 3.8) is 0 Å². The second-order valence-corrected chi connectivity index (χ2v) is 8.03. The molecule has 2 heterocycles. The zero-order valence-corrected chi connectivity index (χ0v) is 16.1. The summed E-state index contributed by atoms with van der Waals surface area (Å²) in [6, 6.07) is 8.13. The summed E-state index contributed by atoms with van der Waals surface area (Å²) < 4.78 is 7.85. The molecular formula is C21H29N3O3. The van der Waals surface area contributed by atoms with Crippen molar-refractivity contribution in [3.8, 4) is 0 Å². The summed E-state index contributed by atoms with van der Waals surface area (Å²) in [5.41, 5.74) is 8.34. The van der Waals surface area contributed by atoms with Crippen molar-refractivity contribution in [1.29, 1.82) is 0 Å². The fourth-order valence-corrected chi connectivity index (χ4v) is 4.94. The van der Waals surface area contributed by atoms with Crippen LogP contribution < -0.4 is 5.73 Å². The predicted octanol–water partition coefficient (Wildman–Crippen LogP) is 1.82. The van der Waals surface area contributed by atoms with E-state index in [0.29, 0.717) is 32.7 Å². The van der Waals surface area contributed by atoms with Gasteiger partial charge in [0.2, 0.25) is 0 Å². The third-order valence-electron chi connectivity index (χ3n) is 6.64. The SMILES string of the molecule is Cc1cccc2cc(C(=O)N3CCC4(CC3)[C@H](O)C[C@@H]4OCCN)n(C)c12. The van der Waals surface area contributed by atoms with Gasteiger partial charge in [0.05, 0.1) is 24.3 Å². The first-order valence-corrected chi connectivity index (χ1v) is 9.82. The Labute approximate surface area is 159 Å². The molecule has 1 spiro atoms. The van der Waals surface area contributed by atoms with Crippen LogP contribution in [0.25, 0.3) is 10.9 Å². The molecule has 6 nitrogen and oxygen atoms in total. The molecule has 2 atom stereocenters. The maximum Gasteiger partial charge on any atom is 0.270 e. The van der Waals surface area contributed by atoms with Gasteiger partial charge >= 0.3 is 0 Å². The summed E-state index contributed by atoms with van der Waals surface area (Å²) in [6.45, 7) is 4.39. The normalized spacial score (nSPS) is 24.4. The molecule has 4 rings (SSSR count). The number of hydrogen-bond donors (Lipinski definition) is 2. The molecule has 1 aliphatic carbocycles. The highest BCUT2D eigenvalue weighted by molar-refractivity contribution is 5.99. The van der Waals surface area contributed by atoms with Gasteiger partial charge in [-0.05, 0) is 31.4 Å². The number of para-hydroxylation sites is 1. The highest BCUT2D eigenvalue weighted by atomic mass is 16.5. The first-order valence-electron chi connectivity index (χ1n) is 9.82. The number of likely N-dealkylation sites (tertiary alicyclic amines) is 1. The molecule has 27 heavy (non-hydrogen) atoms. The molecule has 1 aromatic heterocycles. The van der Waals surface area contributed by atoms with Crippen molar-refractivity contribution in [1.82, 2.24) is 9.47 Å². The molecule has 1 aliphatic heterocycles. The highest BCUT2D eigenvalue weighted by Gasteiger charge is 2.56. The number of carbonyl (C=O) groups excluding carboxylic acids is 1. The lowest BCUT2D eigenvalue weighted by Gasteiger charge is -2.56. The Morgan fingerprint density at radius 2 is 2.11 bits per heavy atom. The molecule has 2 aromatic rings. The maximum absolute atomic E-state index is 13.1. The predicted molar refractivity (Wildman–Crippen MR) is 105 cm³/mol. The second kappa shape index (κ2) is 6.93. The number of rotatable bonds is 4. The lowest BCUT2D eigenvalue weighted by molar-refractivity contribution is -0.208. The number of piperidine rings is 1. The van der Waals surface area contributed by atoms with E-state index in [-0.39, 0.29) is 23.5 Å². The molecule has 2 aliphatic rings. The lowest BCUT2D eigenvalue weighted by Crippen LogP contribution is -2.63. The fourth-order valence-electron chi connectivity index (χ4n) is 4.94. The van der Waals surface area contributed by atoms with Crippen molar-refractivity contribution in [2.24, 2.45) is 18.2 Å². The summed E-state index contributed by atoms with van der Waals surface area (Å²) in [5.74, 6) is 0.0659. The highest BCUT2D eigenvalue weighted by Crippen LogP contribution is 2.51. The number of carbonyl (C=O) groups is 1. The number of fused-ring (bicyclic) bond motifs is 1. The number of aliphatic hydroxyl groups is 1. The molecule has 0 unspecified atom stereocenters. The monoisotopic (exact) mass is 371 g/mol. The minimum Gasteiger partial charge on any atom is -0.392 e. The van der Waals surface area contributed by atoms with Gasteiger partial charge in [-0.3, -0.25) is 4.79 Å². The van der Waals surface area contributed by atoms with Gasteiger partial charge < -0.3 is 25.0 Å². The Bertz CT molecular complexity index is 852. The molecule has 1 saturated heterocycles.